The molecule has 2 N–H and O–H groups in total. The van der Waals surface area contributed by atoms with Crippen molar-refractivity contribution < 1.29 is 13.6 Å². The van der Waals surface area contributed by atoms with Crippen LogP contribution in [0.15, 0.2) is 99.5 Å². The molecule has 1 saturated heterocycles. The highest BCUT2D eigenvalue weighted by atomic mass is 35.5. The lowest BCUT2D eigenvalue weighted by Crippen LogP contribution is -2.32. The van der Waals surface area contributed by atoms with E-state index in [1.165, 1.54) is 36.0 Å². The largest absolute Gasteiger partial charge is 0.452 e. The fourth-order valence-electron chi connectivity index (χ4n) is 4.10. The fraction of sp³-hybridized carbons (Fsp3) is 0.148. The molecule has 2 aromatic heterocycles. The van der Waals surface area contributed by atoms with Crippen LogP contribution >= 0.6 is 35.6 Å². The summed E-state index contributed by atoms with van der Waals surface area (Å²) in [5.74, 6) is 0.146. The lowest BCUT2D eigenvalue weighted by molar-refractivity contribution is -0.116. The van der Waals surface area contributed by atoms with E-state index in [9.17, 15) is 9.18 Å². The number of halogens is 2. The number of rotatable bonds is 8. The zero-order chi connectivity index (χ0) is 25.8. The average Bonchev–Trinajstić information content (AvgIpc) is 3.49. The smallest absolute Gasteiger partial charge is 0.226 e. The van der Waals surface area contributed by atoms with Crippen molar-refractivity contribution in [3.63, 3.8) is 0 Å². The van der Waals surface area contributed by atoms with Crippen LogP contribution in [0.2, 0.25) is 5.02 Å². The maximum absolute atomic E-state index is 13.2. The predicted molar refractivity (Wildman–Crippen MR) is 146 cm³/mol. The first-order chi connectivity index (χ1) is 18.0. The molecule has 1 aliphatic heterocycles. The van der Waals surface area contributed by atoms with Crippen LogP contribution < -0.4 is 10.6 Å². The zero-order valence-corrected chi connectivity index (χ0v) is 21.8. The predicted octanol–water partition coefficient (Wildman–Crippen LogP) is 6.62. The third-order valence-corrected chi connectivity index (χ3v) is 7.36. The number of hydrogen-bond donors (Lipinski definition) is 2. The topological polar surface area (TPSA) is 70.4 Å². The molecule has 0 radical (unpaired) electrons. The normalized spacial score (nSPS) is 17.0. The Morgan fingerprint density at radius 1 is 1.11 bits per heavy atom. The number of carbonyl (C=O) groups excluding carboxylic acids is 1. The first-order valence-electron chi connectivity index (χ1n) is 11.5. The molecule has 0 bridgehead atoms. The number of hydrogen-bond acceptors (Lipinski definition) is 5. The van der Waals surface area contributed by atoms with Gasteiger partial charge in [-0.25, -0.2) is 4.39 Å². The van der Waals surface area contributed by atoms with Gasteiger partial charge in [-0.3, -0.25) is 9.78 Å². The van der Waals surface area contributed by atoms with Crippen molar-refractivity contribution in [1.82, 2.24) is 15.2 Å². The standard InChI is InChI=1S/C27H22ClFN4O2S2/c28-17-4-10-20(11-5-17)37-24-13-12-22(35-24)26-25(21-3-1-2-15-30-21)32-27(36)33(26)16-14-23(34)31-19-8-6-18(29)7-9-19/h1-13,15,25-26H,14,16H2,(H,31,34)(H,32,36)/t25-,26+/m1/s1. The number of furan rings is 1. The maximum Gasteiger partial charge on any atom is 0.226 e. The summed E-state index contributed by atoms with van der Waals surface area (Å²) in [6.07, 6.45) is 1.91. The van der Waals surface area contributed by atoms with Crippen LogP contribution in [0, 0.1) is 5.82 Å². The molecular weight excluding hydrogens is 531 g/mol. The van der Waals surface area contributed by atoms with E-state index in [1.807, 2.05) is 59.5 Å². The minimum absolute atomic E-state index is 0.178. The lowest BCUT2D eigenvalue weighted by atomic mass is 10.0. The van der Waals surface area contributed by atoms with Crippen molar-refractivity contribution >= 4 is 52.3 Å². The van der Waals surface area contributed by atoms with Gasteiger partial charge in [0.1, 0.15) is 17.6 Å². The molecule has 10 heteroatoms. The summed E-state index contributed by atoms with van der Waals surface area (Å²) in [4.78, 5) is 20.1. The highest BCUT2D eigenvalue weighted by molar-refractivity contribution is 7.99. The molecule has 0 aliphatic carbocycles. The molecular formula is C27H22ClFN4O2S2. The number of carbonyl (C=O) groups is 1. The van der Waals surface area contributed by atoms with Crippen molar-refractivity contribution in [2.45, 2.75) is 28.5 Å². The summed E-state index contributed by atoms with van der Waals surface area (Å²) in [6.45, 7) is 0.354. The molecule has 5 rings (SSSR count). The first-order valence-corrected chi connectivity index (χ1v) is 13.1. The molecule has 37 heavy (non-hydrogen) atoms. The molecule has 1 fully saturated rings. The number of amides is 1. The van der Waals surface area contributed by atoms with Crippen molar-refractivity contribution in [1.29, 1.82) is 0 Å². The van der Waals surface area contributed by atoms with E-state index in [0.717, 1.165) is 15.7 Å². The number of nitrogens with zero attached hydrogens (tertiary/aromatic N) is 2. The Kier molecular flexibility index (Phi) is 7.73. The monoisotopic (exact) mass is 552 g/mol. The van der Waals surface area contributed by atoms with Crippen LogP contribution in [-0.4, -0.2) is 27.4 Å². The Morgan fingerprint density at radius 3 is 2.62 bits per heavy atom. The lowest BCUT2D eigenvalue weighted by Gasteiger charge is -2.25. The summed E-state index contributed by atoms with van der Waals surface area (Å²) in [6, 6.07) is 22.2. The third kappa shape index (κ3) is 6.12. The van der Waals surface area contributed by atoms with Gasteiger partial charge in [0, 0.05) is 34.8 Å². The average molecular weight is 553 g/mol. The van der Waals surface area contributed by atoms with E-state index < -0.39 is 0 Å². The van der Waals surface area contributed by atoms with E-state index in [-0.39, 0.29) is 30.2 Å². The molecule has 6 nitrogen and oxygen atoms in total. The number of pyridine rings is 1. The minimum atomic E-state index is -0.359. The van der Waals surface area contributed by atoms with Crippen LogP contribution in [-0.2, 0) is 4.79 Å². The van der Waals surface area contributed by atoms with Crippen LogP contribution in [0.5, 0.6) is 0 Å². The molecule has 0 unspecified atom stereocenters. The molecule has 2 atom stereocenters. The number of thiocarbonyl (C=S) groups is 1. The number of benzene rings is 2. The van der Waals surface area contributed by atoms with Gasteiger partial charge in [0.15, 0.2) is 10.2 Å². The van der Waals surface area contributed by atoms with Gasteiger partial charge in [-0.1, -0.05) is 29.4 Å². The minimum Gasteiger partial charge on any atom is -0.452 e. The molecule has 2 aromatic carbocycles. The Hall–Kier alpha value is -3.40. The van der Waals surface area contributed by atoms with Crippen molar-refractivity contribution in [3.8, 4) is 0 Å². The highest BCUT2D eigenvalue weighted by Gasteiger charge is 2.41. The van der Waals surface area contributed by atoms with Gasteiger partial charge < -0.3 is 20.0 Å². The van der Waals surface area contributed by atoms with Crippen LogP contribution in [0.4, 0.5) is 10.1 Å². The Morgan fingerprint density at radius 2 is 1.89 bits per heavy atom. The van der Waals surface area contributed by atoms with Gasteiger partial charge in [0.2, 0.25) is 5.91 Å². The molecule has 0 saturated carbocycles. The van der Waals surface area contributed by atoms with E-state index in [2.05, 4.69) is 15.6 Å². The third-order valence-electron chi connectivity index (χ3n) is 5.83. The van der Waals surface area contributed by atoms with Gasteiger partial charge in [-0.05, 0) is 85.0 Å². The summed E-state index contributed by atoms with van der Waals surface area (Å²) < 4.78 is 19.4. The highest BCUT2D eigenvalue weighted by Crippen LogP contribution is 2.41. The summed E-state index contributed by atoms with van der Waals surface area (Å²) in [5.41, 5.74) is 1.35. The van der Waals surface area contributed by atoms with Crippen molar-refractivity contribution in [3.05, 3.63) is 107 Å². The van der Waals surface area contributed by atoms with Crippen molar-refractivity contribution in [2.75, 3.05) is 11.9 Å². The molecule has 0 spiro atoms. The molecule has 1 amide bonds. The maximum atomic E-state index is 13.2. The number of aromatic nitrogens is 1. The Labute approximate surface area is 228 Å². The Bertz CT molecular complexity index is 1380. The van der Waals surface area contributed by atoms with Gasteiger partial charge in [-0.2, -0.15) is 0 Å². The van der Waals surface area contributed by atoms with Gasteiger partial charge >= 0.3 is 0 Å². The second kappa shape index (κ2) is 11.3. The van der Waals surface area contributed by atoms with E-state index in [1.54, 1.807) is 6.20 Å². The summed E-state index contributed by atoms with van der Waals surface area (Å²) in [7, 11) is 0. The van der Waals surface area contributed by atoms with Crippen molar-refractivity contribution in [2.24, 2.45) is 0 Å². The fourth-order valence-corrected chi connectivity index (χ4v) is 5.34. The molecule has 4 aromatic rings. The second-order valence-corrected chi connectivity index (χ2v) is 10.2. The molecule has 188 valence electrons. The Balaban J connectivity index is 1.35. The van der Waals surface area contributed by atoms with Crippen LogP contribution in [0.25, 0.3) is 0 Å². The van der Waals surface area contributed by atoms with E-state index >= 15 is 0 Å². The summed E-state index contributed by atoms with van der Waals surface area (Å²) in [5, 5.41) is 8.06. The SMILES string of the molecule is O=C(CCN1C(=S)N[C@H](c2ccccn2)[C@@H]1c1ccc(Sc2ccc(Cl)cc2)o1)Nc1ccc(F)cc1. The molecule has 3 heterocycles. The quantitative estimate of drug-likeness (QED) is 0.238. The zero-order valence-electron chi connectivity index (χ0n) is 19.4. The second-order valence-electron chi connectivity index (χ2n) is 8.34. The first kappa shape index (κ1) is 25.3. The van der Waals surface area contributed by atoms with Gasteiger partial charge in [-0.15, -0.1) is 0 Å². The van der Waals surface area contributed by atoms with E-state index in [4.69, 9.17) is 28.2 Å². The van der Waals surface area contributed by atoms with Gasteiger partial charge in [0.05, 0.1) is 11.7 Å². The van der Waals surface area contributed by atoms with E-state index in [0.29, 0.717) is 28.1 Å². The summed E-state index contributed by atoms with van der Waals surface area (Å²) >= 11 is 13.2. The number of nitrogens with one attached hydrogen (secondary N) is 2. The molecule has 1 aliphatic rings. The number of anilines is 1. The van der Waals surface area contributed by atoms with Crippen LogP contribution in [0.1, 0.15) is 30.0 Å². The van der Waals surface area contributed by atoms with Crippen LogP contribution in [0.3, 0.4) is 0 Å². The van der Waals surface area contributed by atoms with Gasteiger partial charge in [0.25, 0.3) is 0 Å².